The van der Waals surface area contributed by atoms with Gasteiger partial charge in [0.2, 0.25) is 5.91 Å². The third-order valence-electron chi connectivity index (χ3n) is 5.40. The van der Waals surface area contributed by atoms with Crippen LogP contribution in [0.1, 0.15) is 67.7 Å². The van der Waals surface area contributed by atoms with Crippen LogP contribution < -0.4 is 5.32 Å². The van der Waals surface area contributed by atoms with Gasteiger partial charge < -0.3 is 14.7 Å². The van der Waals surface area contributed by atoms with E-state index in [4.69, 9.17) is 4.52 Å². The number of pyridine rings is 1. The molecule has 2 aromatic heterocycles. The van der Waals surface area contributed by atoms with E-state index in [1.807, 2.05) is 19.9 Å². The summed E-state index contributed by atoms with van der Waals surface area (Å²) in [6.07, 6.45) is 3.80. The van der Waals surface area contributed by atoms with E-state index < -0.39 is 6.04 Å². The Balaban J connectivity index is 1.81. The smallest absolute Gasteiger partial charge is 0.259 e. The fourth-order valence-corrected chi connectivity index (χ4v) is 3.92. The number of aryl methyl sites for hydroxylation is 1. The number of hydrogen-bond donors (Lipinski definition) is 1. The first kappa shape index (κ1) is 17.9. The lowest BCUT2D eigenvalue weighted by Gasteiger charge is -2.37. The van der Waals surface area contributed by atoms with Gasteiger partial charge >= 0.3 is 0 Å². The molecule has 2 amide bonds. The number of carbonyl (C=O) groups is 2. The van der Waals surface area contributed by atoms with Crippen molar-refractivity contribution >= 4 is 22.9 Å². The van der Waals surface area contributed by atoms with Gasteiger partial charge in [-0.15, -0.1) is 0 Å². The van der Waals surface area contributed by atoms with Crippen molar-refractivity contribution in [1.29, 1.82) is 0 Å². The van der Waals surface area contributed by atoms with Crippen LogP contribution >= 0.6 is 0 Å². The lowest BCUT2D eigenvalue weighted by atomic mass is 9.97. The molecule has 7 nitrogen and oxygen atoms in total. The minimum atomic E-state index is -0.465. The van der Waals surface area contributed by atoms with Gasteiger partial charge in [0.25, 0.3) is 11.6 Å². The summed E-state index contributed by atoms with van der Waals surface area (Å²) in [7, 11) is 0. The molecule has 2 aromatic rings. The summed E-state index contributed by atoms with van der Waals surface area (Å²) in [6, 6.07) is 1.44. The molecule has 1 saturated heterocycles. The van der Waals surface area contributed by atoms with Gasteiger partial charge in [-0.3, -0.25) is 9.59 Å². The minimum absolute atomic E-state index is 0.0343. The van der Waals surface area contributed by atoms with E-state index in [0.29, 0.717) is 35.7 Å². The quantitative estimate of drug-likeness (QED) is 0.874. The molecule has 3 heterocycles. The van der Waals surface area contributed by atoms with Crippen LogP contribution in [-0.4, -0.2) is 46.0 Å². The molecule has 0 spiro atoms. The molecule has 144 valence electrons. The molecule has 4 rings (SSSR count). The van der Waals surface area contributed by atoms with E-state index in [1.165, 1.54) is 0 Å². The van der Waals surface area contributed by atoms with Gasteiger partial charge in [0, 0.05) is 24.7 Å². The number of amides is 2. The summed E-state index contributed by atoms with van der Waals surface area (Å²) in [4.78, 5) is 32.3. The molecule has 0 aromatic carbocycles. The Bertz CT molecular complexity index is 885. The van der Waals surface area contributed by atoms with Crippen LogP contribution in [0, 0.1) is 5.92 Å². The maximum absolute atomic E-state index is 13.6. The van der Waals surface area contributed by atoms with Gasteiger partial charge in [0.05, 0.1) is 16.6 Å². The van der Waals surface area contributed by atoms with Crippen LogP contribution in [0.15, 0.2) is 10.6 Å². The zero-order valence-corrected chi connectivity index (χ0v) is 16.1. The largest absolute Gasteiger partial charge is 0.353 e. The van der Waals surface area contributed by atoms with E-state index in [0.717, 1.165) is 37.1 Å². The van der Waals surface area contributed by atoms with E-state index in [9.17, 15) is 9.59 Å². The van der Waals surface area contributed by atoms with Crippen LogP contribution in [0.25, 0.3) is 11.1 Å². The number of aromatic nitrogens is 2. The predicted octanol–water partition coefficient (Wildman–Crippen LogP) is 2.65. The number of rotatable bonds is 5. The number of piperazine rings is 1. The van der Waals surface area contributed by atoms with E-state index >= 15 is 0 Å². The highest BCUT2D eigenvalue weighted by molar-refractivity contribution is 6.07. The van der Waals surface area contributed by atoms with E-state index in [2.05, 4.69) is 22.4 Å². The zero-order valence-electron chi connectivity index (χ0n) is 16.1. The topological polar surface area (TPSA) is 88.3 Å². The highest BCUT2D eigenvalue weighted by Gasteiger charge is 2.37. The van der Waals surface area contributed by atoms with Crippen LogP contribution in [0.2, 0.25) is 0 Å². The highest BCUT2D eigenvalue weighted by atomic mass is 16.5. The maximum atomic E-state index is 13.6. The van der Waals surface area contributed by atoms with Crippen molar-refractivity contribution < 1.29 is 14.1 Å². The molecular formula is C20H26N4O3. The molecule has 1 aliphatic carbocycles. The Morgan fingerprint density at radius 3 is 2.85 bits per heavy atom. The predicted molar refractivity (Wildman–Crippen MR) is 100 cm³/mol. The number of hydrogen-bond acceptors (Lipinski definition) is 5. The molecule has 1 atom stereocenters. The van der Waals surface area contributed by atoms with Gasteiger partial charge in [-0.05, 0) is 31.2 Å². The van der Waals surface area contributed by atoms with Crippen molar-refractivity contribution in [3.05, 3.63) is 23.0 Å². The minimum Gasteiger partial charge on any atom is -0.353 e. The zero-order chi connectivity index (χ0) is 19.1. The molecule has 0 bridgehead atoms. The van der Waals surface area contributed by atoms with Crippen molar-refractivity contribution in [2.45, 2.75) is 58.4 Å². The van der Waals surface area contributed by atoms with Crippen molar-refractivity contribution in [2.24, 2.45) is 5.92 Å². The van der Waals surface area contributed by atoms with Crippen LogP contribution in [-0.2, 0) is 11.2 Å². The summed E-state index contributed by atoms with van der Waals surface area (Å²) in [5, 5.41) is 7.76. The fourth-order valence-electron chi connectivity index (χ4n) is 3.92. The van der Waals surface area contributed by atoms with Crippen molar-refractivity contribution in [3.8, 4) is 0 Å². The van der Waals surface area contributed by atoms with Crippen molar-refractivity contribution in [2.75, 3.05) is 13.1 Å². The summed E-state index contributed by atoms with van der Waals surface area (Å²) in [5.41, 5.74) is 2.68. The first-order valence-corrected chi connectivity index (χ1v) is 9.89. The second kappa shape index (κ2) is 6.94. The van der Waals surface area contributed by atoms with Crippen molar-refractivity contribution in [1.82, 2.24) is 20.4 Å². The molecular weight excluding hydrogens is 344 g/mol. The molecule has 1 unspecified atom stereocenters. The molecule has 1 N–H and O–H groups in total. The second-order valence-corrected chi connectivity index (χ2v) is 7.91. The third kappa shape index (κ3) is 3.19. The first-order valence-electron chi connectivity index (χ1n) is 9.89. The summed E-state index contributed by atoms with van der Waals surface area (Å²) in [5.74, 6) is 0.216. The summed E-state index contributed by atoms with van der Waals surface area (Å²) < 4.78 is 5.48. The highest BCUT2D eigenvalue weighted by Crippen LogP contribution is 2.41. The van der Waals surface area contributed by atoms with Gasteiger partial charge in [-0.25, -0.2) is 4.98 Å². The van der Waals surface area contributed by atoms with Crippen molar-refractivity contribution in [3.63, 3.8) is 0 Å². The van der Waals surface area contributed by atoms with Crippen LogP contribution in [0.4, 0.5) is 0 Å². The molecule has 1 saturated carbocycles. The molecule has 0 radical (unpaired) electrons. The van der Waals surface area contributed by atoms with Crippen LogP contribution in [0.3, 0.4) is 0 Å². The second-order valence-electron chi connectivity index (χ2n) is 7.91. The lowest BCUT2D eigenvalue weighted by molar-refractivity contribution is -0.129. The molecule has 1 aliphatic heterocycles. The van der Waals surface area contributed by atoms with Gasteiger partial charge in [-0.1, -0.05) is 32.3 Å². The average Bonchev–Trinajstić information content (AvgIpc) is 3.42. The Kier molecular flexibility index (Phi) is 4.61. The van der Waals surface area contributed by atoms with Gasteiger partial charge in [0.1, 0.15) is 6.04 Å². The molecule has 7 heteroatoms. The molecule has 27 heavy (non-hydrogen) atoms. The normalized spacial score (nSPS) is 20.4. The number of nitrogens with one attached hydrogen (secondary N) is 1. The lowest BCUT2D eigenvalue weighted by Crippen LogP contribution is -2.59. The average molecular weight is 370 g/mol. The number of fused-ring (bicyclic) bond motifs is 1. The third-order valence-corrected chi connectivity index (χ3v) is 5.40. The summed E-state index contributed by atoms with van der Waals surface area (Å²) in [6.45, 7) is 6.98. The Hall–Kier alpha value is -2.44. The van der Waals surface area contributed by atoms with E-state index in [-0.39, 0.29) is 17.7 Å². The van der Waals surface area contributed by atoms with Crippen LogP contribution in [0.5, 0.6) is 0 Å². The Morgan fingerprint density at radius 1 is 1.41 bits per heavy atom. The van der Waals surface area contributed by atoms with E-state index in [1.54, 1.807) is 4.90 Å². The standard InChI is InChI=1S/C20H26N4O3/c1-4-5-14-16-13(10-15(12-6-7-12)22-19(16)27-23-14)20(26)24-9-8-21-18(25)17(24)11(2)3/h10-12,17H,4-9H2,1-3H3,(H,21,25). The number of nitrogens with zero attached hydrogens (tertiary/aromatic N) is 3. The Labute approximate surface area is 158 Å². The SMILES string of the molecule is CCCc1noc2nc(C3CC3)cc(C(=O)N3CCNC(=O)C3C(C)C)c12. The number of carbonyl (C=O) groups excluding carboxylic acids is 2. The fraction of sp³-hybridized carbons (Fsp3) is 0.600. The Morgan fingerprint density at radius 2 is 2.19 bits per heavy atom. The van der Waals surface area contributed by atoms with Gasteiger partial charge in [0.15, 0.2) is 0 Å². The summed E-state index contributed by atoms with van der Waals surface area (Å²) >= 11 is 0. The molecule has 2 aliphatic rings. The monoisotopic (exact) mass is 370 g/mol. The first-order chi connectivity index (χ1) is 13.0. The maximum Gasteiger partial charge on any atom is 0.259 e. The van der Waals surface area contributed by atoms with Gasteiger partial charge in [-0.2, -0.15) is 0 Å². The molecule has 2 fully saturated rings.